The Morgan fingerprint density at radius 2 is 2.16 bits per heavy atom. The summed E-state index contributed by atoms with van der Waals surface area (Å²) in [7, 11) is 1.55. The SMILES string of the molecule is COc1nc(Nc2ccc3ncsc3c2)ccc1N. The number of hydrogen-bond acceptors (Lipinski definition) is 6. The first-order valence-corrected chi connectivity index (χ1v) is 6.55. The fraction of sp³-hybridized carbons (Fsp3) is 0.0769. The summed E-state index contributed by atoms with van der Waals surface area (Å²) in [6.07, 6.45) is 0. The summed E-state index contributed by atoms with van der Waals surface area (Å²) in [4.78, 5) is 8.53. The van der Waals surface area contributed by atoms with Gasteiger partial charge in [0, 0.05) is 5.69 Å². The average molecular weight is 272 g/mol. The minimum Gasteiger partial charge on any atom is -0.479 e. The molecule has 3 aromatic rings. The van der Waals surface area contributed by atoms with Gasteiger partial charge in [-0.2, -0.15) is 4.98 Å². The Kier molecular flexibility index (Phi) is 2.92. The van der Waals surface area contributed by atoms with Gasteiger partial charge in [0.2, 0.25) is 5.88 Å². The fourth-order valence-corrected chi connectivity index (χ4v) is 2.48. The highest BCUT2D eigenvalue weighted by Crippen LogP contribution is 2.26. The molecule has 0 bridgehead atoms. The summed E-state index contributed by atoms with van der Waals surface area (Å²) < 4.78 is 6.23. The van der Waals surface area contributed by atoms with Gasteiger partial charge < -0.3 is 15.8 Å². The van der Waals surface area contributed by atoms with Gasteiger partial charge in [-0.15, -0.1) is 11.3 Å². The number of fused-ring (bicyclic) bond motifs is 1. The van der Waals surface area contributed by atoms with Gasteiger partial charge in [0.25, 0.3) is 0 Å². The Morgan fingerprint density at radius 1 is 1.26 bits per heavy atom. The first-order chi connectivity index (χ1) is 9.26. The molecule has 3 rings (SSSR count). The van der Waals surface area contributed by atoms with Crippen LogP contribution in [-0.2, 0) is 0 Å². The first kappa shape index (κ1) is 11.7. The van der Waals surface area contributed by atoms with E-state index < -0.39 is 0 Å². The fourth-order valence-electron chi connectivity index (χ4n) is 1.77. The third kappa shape index (κ3) is 2.30. The number of thiazole rings is 1. The van der Waals surface area contributed by atoms with Gasteiger partial charge in [-0.3, -0.25) is 0 Å². The predicted octanol–water partition coefficient (Wildman–Crippen LogP) is 3.03. The van der Waals surface area contributed by atoms with E-state index in [0.717, 1.165) is 15.9 Å². The first-order valence-electron chi connectivity index (χ1n) is 5.67. The molecule has 19 heavy (non-hydrogen) atoms. The van der Waals surface area contributed by atoms with Crippen LogP contribution in [0.4, 0.5) is 17.2 Å². The number of methoxy groups -OCH3 is 1. The minimum absolute atomic E-state index is 0.420. The molecular formula is C13H12N4OS. The van der Waals surface area contributed by atoms with Crippen molar-refractivity contribution >= 4 is 38.7 Å². The zero-order valence-corrected chi connectivity index (χ0v) is 11.1. The molecule has 0 aliphatic carbocycles. The lowest BCUT2D eigenvalue weighted by Crippen LogP contribution is -1.99. The highest BCUT2D eigenvalue weighted by Gasteiger charge is 2.04. The number of rotatable bonds is 3. The van der Waals surface area contributed by atoms with E-state index in [0.29, 0.717) is 17.4 Å². The highest BCUT2D eigenvalue weighted by molar-refractivity contribution is 7.16. The summed E-state index contributed by atoms with van der Waals surface area (Å²) in [6, 6.07) is 9.56. The van der Waals surface area contributed by atoms with E-state index in [1.165, 1.54) is 0 Å². The van der Waals surface area contributed by atoms with Crippen LogP contribution >= 0.6 is 11.3 Å². The van der Waals surface area contributed by atoms with Gasteiger partial charge >= 0.3 is 0 Å². The van der Waals surface area contributed by atoms with Crippen LogP contribution in [0.15, 0.2) is 35.8 Å². The maximum absolute atomic E-state index is 5.73. The zero-order chi connectivity index (χ0) is 13.2. The maximum atomic E-state index is 5.73. The van der Waals surface area contributed by atoms with E-state index >= 15 is 0 Å². The number of nitrogens with zero attached hydrogens (tertiary/aromatic N) is 2. The molecule has 0 aliphatic heterocycles. The number of ether oxygens (including phenoxy) is 1. The van der Waals surface area contributed by atoms with Crippen LogP contribution in [-0.4, -0.2) is 17.1 Å². The van der Waals surface area contributed by atoms with Crippen LogP contribution in [0.3, 0.4) is 0 Å². The summed E-state index contributed by atoms with van der Waals surface area (Å²) in [6.45, 7) is 0. The molecule has 0 spiro atoms. The molecule has 5 nitrogen and oxygen atoms in total. The van der Waals surface area contributed by atoms with Crippen LogP contribution < -0.4 is 15.8 Å². The van der Waals surface area contributed by atoms with Crippen molar-refractivity contribution in [2.45, 2.75) is 0 Å². The molecule has 2 heterocycles. The Morgan fingerprint density at radius 3 is 3.00 bits per heavy atom. The number of nitrogens with one attached hydrogen (secondary N) is 1. The van der Waals surface area contributed by atoms with Gasteiger partial charge in [0.05, 0.1) is 28.5 Å². The molecule has 0 unspecified atom stereocenters. The molecule has 0 aliphatic rings. The molecule has 2 aromatic heterocycles. The molecule has 1 aromatic carbocycles. The number of aromatic nitrogens is 2. The molecule has 6 heteroatoms. The Bertz CT molecular complexity index is 725. The molecule has 0 fully saturated rings. The van der Waals surface area contributed by atoms with Crippen molar-refractivity contribution in [2.24, 2.45) is 0 Å². The Labute approximate surface area is 114 Å². The van der Waals surface area contributed by atoms with Crippen molar-refractivity contribution in [1.29, 1.82) is 0 Å². The van der Waals surface area contributed by atoms with E-state index in [9.17, 15) is 0 Å². The van der Waals surface area contributed by atoms with Crippen molar-refractivity contribution < 1.29 is 4.74 Å². The molecule has 0 amide bonds. The van der Waals surface area contributed by atoms with Crippen molar-refractivity contribution in [1.82, 2.24) is 9.97 Å². The summed E-state index contributed by atoms with van der Waals surface area (Å²) in [5, 5.41) is 3.22. The third-order valence-corrected chi connectivity index (χ3v) is 3.48. The lowest BCUT2D eigenvalue weighted by atomic mass is 10.3. The number of benzene rings is 1. The van der Waals surface area contributed by atoms with Gasteiger partial charge in [-0.05, 0) is 30.3 Å². The number of pyridine rings is 1. The van der Waals surface area contributed by atoms with Crippen molar-refractivity contribution in [3.05, 3.63) is 35.8 Å². The van der Waals surface area contributed by atoms with Crippen molar-refractivity contribution in [3.63, 3.8) is 0 Å². The van der Waals surface area contributed by atoms with E-state index in [2.05, 4.69) is 15.3 Å². The Balaban J connectivity index is 1.91. The average Bonchev–Trinajstić information content (AvgIpc) is 2.88. The number of anilines is 3. The van der Waals surface area contributed by atoms with Crippen LogP contribution in [0.5, 0.6) is 5.88 Å². The van der Waals surface area contributed by atoms with E-state index in [1.807, 2.05) is 29.8 Å². The maximum Gasteiger partial charge on any atom is 0.238 e. The highest BCUT2D eigenvalue weighted by atomic mass is 32.1. The summed E-state index contributed by atoms with van der Waals surface area (Å²) >= 11 is 1.61. The Hall–Kier alpha value is -2.34. The largest absolute Gasteiger partial charge is 0.479 e. The van der Waals surface area contributed by atoms with Crippen molar-refractivity contribution in [2.75, 3.05) is 18.2 Å². The van der Waals surface area contributed by atoms with Crippen LogP contribution in [0.25, 0.3) is 10.2 Å². The van der Waals surface area contributed by atoms with Gasteiger partial charge in [-0.1, -0.05) is 0 Å². The molecule has 0 saturated carbocycles. The summed E-state index contributed by atoms with van der Waals surface area (Å²) in [5.74, 6) is 1.11. The number of hydrogen-bond donors (Lipinski definition) is 2. The molecule has 0 saturated heterocycles. The molecule has 3 N–H and O–H groups in total. The predicted molar refractivity (Wildman–Crippen MR) is 78.1 cm³/mol. The normalized spacial score (nSPS) is 10.6. The monoisotopic (exact) mass is 272 g/mol. The van der Waals surface area contributed by atoms with Crippen LogP contribution in [0.2, 0.25) is 0 Å². The summed E-state index contributed by atoms with van der Waals surface area (Å²) in [5.41, 5.74) is 10.0. The quantitative estimate of drug-likeness (QED) is 0.766. The minimum atomic E-state index is 0.420. The second-order valence-electron chi connectivity index (χ2n) is 3.95. The van der Waals surface area contributed by atoms with Gasteiger partial charge in [-0.25, -0.2) is 4.98 Å². The van der Waals surface area contributed by atoms with Gasteiger partial charge in [0.15, 0.2) is 0 Å². The number of nitrogens with two attached hydrogens (primary N) is 1. The molecule has 96 valence electrons. The van der Waals surface area contributed by atoms with E-state index in [-0.39, 0.29) is 0 Å². The molecule has 0 atom stereocenters. The number of nitrogen functional groups attached to an aromatic ring is 1. The molecule has 0 radical (unpaired) electrons. The van der Waals surface area contributed by atoms with Crippen molar-refractivity contribution in [3.8, 4) is 5.88 Å². The van der Waals surface area contributed by atoms with Crippen LogP contribution in [0, 0.1) is 0 Å². The van der Waals surface area contributed by atoms with E-state index in [1.54, 1.807) is 24.5 Å². The second-order valence-corrected chi connectivity index (χ2v) is 4.84. The van der Waals surface area contributed by atoms with Crippen LogP contribution in [0.1, 0.15) is 0 Å². The third-order valence-electron chi connectivity index (χ3n) is 2.69. The lowest BCUT2D eigenvalue weighted by Gasteiger charge is -2.08. The molecular weight excluding hydrogens is 260 g/mol. The van der Waals surface area contributed by atoms with E-state index in [4.69, 9.17) is 10.5 Å². The standard InChI is InChI=1S/C13H12N4OS/c1-18-13-9(14)3-5-12(17-13)16-8-2-4-10-11(6-8)19-7-15-10/h2-7H,14H2,1H3,(H,16,17). The lowest BCUT2D eigenvalue weighted by molar-refractivity contribution is 0.401. The second kappa shape index (κ2) is 4.74. The topological polar surface area (TPSA) is 73.1 Å². The smallest absolute Gasteiger partial charge is 0.238 e. The zero-order valence-electron chi connectivity index (χ0n) is 10.3. The van der Waals surface area contributed by atoms with Gasteiger partial charge in [0.1, 0.15) is 5.82 Å².